The molecule has 206 valence electrons. The second kappa shape index (κ2) is 11.0. The van der Waals surface area contributed by atoms with E-state index in [1.807, 2.05) is 32.3 Å². The van der Waals surface area contributed by atoms with Crippen LogP contribution in [-0.2, 0) is 0 Å². The SMILES string of the molecule is C[N+](C)=c1ccc2c(/C=C/C3=C(Cl)C(=C/C=c4/[nH]c5cccc6cccc4c65)/CCC3)cc(-c3ccccc3)oc-2c1. The van der Waals surface area contributed by atoms with Gasteiger partial charge in [-0.15, -0.1) is 0 Å². The molecule has 7 rings (SSSR count). The Balaban J connectivity index is 1.29. The molecule has 0 radical (unpaired) electrons. The lowest BCUT2D eigenvalue weighted by Gasteiger charge is -2.17. The first-order chi connectivity index (χ1) is 20.5. The summed E-state index contributed by atoms with van der Waals surface area (Å²) >= 11 is 7.06. The summed E-state index contributed by atoms with van der Waals surface area (Å²) in [7, 11) is 4.09. The predicted octanol–water partition coefficient (Wildman–Crippen LogP) is 8.53. The van der Waals surface area contributed by atoms with Gasteiger partial charge in [0, 0.05) is 43.9 Å². The highest BCUT2D eigenvalue weighted by molar-refractivity contribution is 6.32. The summed E-state index contributed by atoms with van der Waals surface area (Å²) in [5, 5.41) is 6.85. The number of fused-ring (bicyclic) bond motifs is 1. The third-order valence-electron chi connectivity index (χ3n) is 8.19. The molecular formula is C38H32ClN2O+. The largest absolute Gasteiger partial charge is 0.456 e. The average molecular weight is 568 g/mol. The quantitative estimate of drug-likeness (QED) is 0.213. The third-order valence-corrected chi connectivity index (χ3v) is 8.68. The van der Waals surface area contributed by atoms with Gasteiger partial charge < -0.3 is 9.40 Å². The highest BCUT2D eigenvalue weighted by Gasteiger charge is 2.16. The van der Waals surface area contributed by atoms with E-state index in [9.17, 15) is 0 Å². The summed E-state index contributed by atoms with van der Waals surface area (Å²) in [6.45, 7) is 0. The van der Waals surface area contributed by atoms with Crippen molar-refractivity contribution in [3.05, 3.63) is 136 Å². The van der Waals surface area contributed by atoms with Crippen LogP contribution in [0.4, 0.5) is 0 Å². The molecule has 4 heteroatoms. The maximum absolute atomic E-state index is 7.06. The minimum atomic E-state index is 0.842. The van der Waals surface area contributed by atoms with Gasteiger partial charge in [0.1, 0.15) is 25.6 Å². The zero-order valence-electron chi connectivity index (χ0n) is 23.8. The number of hydrogen-bond acceptors (Lipinski definition) is 1. The third kappa shape index (κ3) is 4.91. The van der Waals surface area contributed by atoms with Crippen molar-refractivity contribution < 1.29 is 4.42 Å². The lowest BCUT2D eigenvalue weighted by atomic mass is 9.93. The van der Waals surface area contributed by atoms with Gasteiger partial charge in [0.05, 0.1) is 6.07 Å². The lowest BCUT2D eigenvalue weighted by Crippen LogP contribution is -2.21. The Hall–Kier alpha value is -4.60. The van der Waals surface area contributed by atoms with Crippen LogP contribution in [0, 0.1) is 0 Å². The Morgan fingerprint density at radius 3 is 2.48 bits per heavy atom. The van der Waals surface area contributed by atoms with Crippen LogP contribution in [0.3, 0.4) is 0 Å². The molecule has 42 heavy (non-hydrogen) atoms. The molecule has 1 aromatic heterocycles. The number of hydrogen-bond donors (Lipinski definition) is 1. The van der Waals surface area contributed by atoms with Crippen molar-refractivity contribution in [1.82, 2.24) is 9.56 Å². The number of rotatable bonds is 4. The fourth-order valence-corrected chi connectivity index (χ4v) is 6.27. The van der Waals surface area contributed by atoms with Gasteiger partial charge in [0.2, 0.25) is 5.36 Å². The van der Waals surface area contributed by atoms with Crippen molar-refractivity contribution >= 4 is 45.4 Å². The molecule has 0 unspecified atom stereocenters. The van der Waals surface area contributed by atoms with Crippen LogP contribution in [-0.4, -0.2) is 19.1 Å². The van der Waals surface area contributed by atoms with Crippen LogP contribution in [0.1, 0.15) is 24.8 Å². The van der Waals surface area contributed by atoms with Crippen molar-refractivity contribution in [2.24, 2.45) is 0 Å². The molecule has 1 aliphatic heterocycles. The van der Waals surface area contributed by atoms with E-state index in [0.29, 0.717) is 0 Å². The zero-order valence-corrected chi connectivity index (χ0v) is 24.6. The van der Waals surface area contributed by atoms with Crippen LogP contribution in [0.15, 0.2) is 124 Å². The van der Waals surface area contributed by atoms with Crippen molar-refractivity contribution in [3.8, 4) is 22.6 Å². The fraction of sp³-hybridized carbons (Fsp3) is 0.132. The Morgan fingerprint density at radius 1 is 0.810 bits per heavy atom. The molecule has 0 fully saturated rings. The molecule has 4 aromatic rings. The van der Waals surface area contributed by atoms with E-state index >= 15 is 0 Å². The summed E-state index contributed by atoms with van der Waals surface area (Å²) in [4.78, 5) is 3.60. The van der Waals surface area contributed by atoms with Gasteiger partial charge in [-0.05, 0) is 65.6 Å². The van der Waals surface area contributed by atoms with E-state index in [4.69, 9.17) is 16.0 Å². The van der Waals surface area contributed by atoms with Crippen molar-refractivity contribution in [1.29, 1.82) is 0 Å². The van der Waals surface area contributed by atoms with E-state index in [1.54, 1.807) is 0 Å². The average Bonchev–Trinajstić information content (AvgIpc) is 3.39. The monoisotopic (exact) mass is 567 g/mol. The van der Waals surface area contributed by atoms with Crippen LogP contribution >= 0.6 is 11.6 Å². The smallest absolute Gasteiger partial charge is 0.203 e. The maximum atomic E-state index is 7.06. The molecule has 0 saturated carbocycles. The Kier molecular flexibility index (Phi) is 6.89. The first kappa shape index (κ1) is 26.3. The number of H-pyrrole nitrogens is 1. The van der Waals surface area contributed by atoms with Gasteiger partial charge in [-0.1, -0.05) is 90.5 Å². The molecule has 2 aliphatic carbocycles. The Bertz CT molecular complexity index is 2130. The number of benzene rings is 4. The second-order valence-electron chi connectivity index (χ2n) is 11.1. The summed E-state index contributed by atoms with van der Waals surface area (Å²) in [6, 6.07) is 31.7. The van der Waals surface area contributed by atoms with Gasteiger partial charge >= 0.3 is 0 Å². The Labute approximate surface area is 250 Å². The van der Waals surface area contributed by atoms with Crippen LogP contribution in [0.2, 0.25) is 0 Å². The van der Waals surface area contributed by atoms with Crippen molar-refractivity contribution in [2.45, 2.75) is 19.3 Å². The number of aromatic nitrogens is 1. The summed E-state index contributed by atoms with van der Waals surface area (Å²) in [5.74, 6) is 1.70. The van der Waals surface area contributed by atoms with E-state index in [-0.39, 0.29) is 0 Å². The molecule has 0 spiro atoms. The summed E-state index contributed by atoms with van der Waals surface area (Å²) in [5.41, 5.74) is 6.74. The normalized spacial score (nSPS) is 15.7. The molecule has 0 amide bonds. The fourth-order valence-electron chi connectivity index (χ4n) is 5.96. The highest BCUT2D eigenvalue weighted by atomic mass is 35.5. The Morgan fingerprint density at radius 2 is 1.64 bits per heavy atom. The lowest BCUT2D eigenvalue weighted by molar-refractivity contribution is 0.578. The van der Waals surface area contributed by atoms with Crippen LogP contribution in [0.5, 0.6) is 0 Å². The number of aromatic amines is 1. The standard InChI is InChI=1S/C38H31ClN2O/c1-41(2)30-20-21-31-29(23-35(42-36(31)24-30)25-9-4-3-5-10-25)18-17-27-13-6-14-28(38(27)39)19-22-33-32-15-7-11-26-12-8-16-34(40-33)37(26)32/h3-5,7-12,15-24H,6,13-14H2,1-2H3/p+1. The van der Waals surface area contributed by atoms with Gasteiger partial charge in [-0.3, -0.25) is 0 Å². The molecule has 0 atom stereocenters. The van der Waals surface area contributed by atoms with Gasteiger partial charge in [-0.2, -0.15) is 0 Å². The molecule has 3 nitrogen and oxygen atoms in total. The zero-order chi connectivity index (χ0) is 28.6. The number of halogens is 1. The van der Waals surface area contributed by atoms with Gasteiger partial charge in [0.15, 0.2) is 0 Å². The molecule has 3 aromatic carbocycles. The van der Waals surface area contributed by atoms with Crippen LogP contribution < -0.4 is 15.3 Å². The molecular weight excluding hydrogens is 536 g/mol. The molecule has 3 aliphatic rings. The number of nitrogens with one attached hydrogen (secondary N) is 1. The first-order valence-corrected chi connectivity index (χ1v) is 14.8. The van der Waals surface area contributed by atoms with Gasteiger partial charge in [0.25, 0.3) is 0 Å². The molecule has 0 saturated heterocycles. The minimum Gasteiger partial charge on any atom is -0.456 e. The number of nitrogens with zero attached hydrogens (tertiary/aromatic N) is 1. The molecule has 1 N–H and O–H groups in total. The topological polar surface area (TPSA) is 31.9 Å². The van der Waals surface area contributed by atoms with Crippen molar-refractivity contribution in [3.63, 3.8) is 0 Å². The highest BCUT2D eigenvalue weighted by Crippen LogP contribution is 2.36. The maximum Gasteiger partial charge on any atom is 0.203 e. The summed E-state index contributed by atoms with van der Waals surface area (Å²) < 4.78 is 8.51. The van der Waals surface area contributed by atoms with E-state index in [2.05, 4.69) is 107 Å². The van der Waals surface area contributed by atoms with Gasteiger partial charge in [-0.25, -0.2) is 4.58 Å². The molecule has 2 heterocycles. The summed E-state index contributed by atoms with van der Waals surface area (Å²) in [6.07, 6.45) is 11.7. The minimum absolute atomic E-state index is 0.842. The van der Waals surface area contributed by atoms with E-state index in [1.165, 1.54) is 21.7 Å². The van der Waals surface area contributed by atoms with E-state index < -0.39 is 0 Å². The van der Waals surface area contributed by atoms with Crippen molar-refractivity contribution in [2.75, 3.05) is 14.1 Å². The molecule has 0 bridgehead atoms. The predicted molar refractivity (Wildman–Crippen MR) is 177 cm³/mol. The second-order valence-corrected chi connectivity index (χ2v) is 11.5. The van der Waals surface area contributed by atoms with Crippen LogP contribution in [0.25, 0.3) is 56.5 Å². The van der Waals surface area contributed by atoms with E-state index in [0.717, 1.165) is 74.3 Å². The number of allylic oxidation sites excluding steroid dienone is 5. The first-order valence-electron chi connectivity index (χ1n) is 14.5.